The molecule has 2 aliphatic heterocycles. The van der Waals surface area contributed by atoms with Crippen LogP contribution in [0.3, 0.4) is 0 Å². The molecule has 2 aromatic rings. The van der Waals surface area contributed by atoms with Crippen molar-refractivity contribution < 1.29 is 10.2 Å². The third-order valence-electron chi connectivity index (χ3n) is 4.53. The SMILES string of the molecule is Cl.Cl.O.c1ccc(COCc2nc3c(c(N4CCNCC4)n2)SCCC3)cc1. The van der Waals surface area contributed by atoms with Gasteiger partial charge >= 0.3 is 0 Å². The van der Waals surface area contributed by atoms with Gasteiger partial charge in [0.05, 0.1) is 17.2 Å². The van der Waals surface area contributed by atoms with Crippen LogP contribution in [-0.4, -0.2) is 47.4 Å². The van der Waals surface area contributed by atoms with Crippen molar-refractivity contribution in [3.63, 3.8) is 0 Å². The van der Waals surface area contributed by atoms with E-state index in [0.717, 1.165) is 44.2 Å². The highest BCUT2D eigenvalue weighted by molar-refractivity contribution is 7.99. The summed E-state index contributed by atoms with van der Waals surface area (Å²) in [6.45, 7) is 5.11. The number of nitrogens with zero attached hydrogens (tertiary/aromatic N) is 3. The normalized spacial score (nSPS) is 15.5. The molecule has 2 aliphatic rings. The quantitative estimate of drug-likeness (QED) is 0.759. The third kappa shape index (κ3) is 6.20. The summed E-state index contributed by atoms with van der Waals surface area (Å²) in [7, 11) is 0. The number of piperazine rings is 1. The van der Waals surface area contributed by atoms with Crippen molar-refractivity contribution >= 4 is 42.4 Å². The van der Waals surface area contributed by atoms with E-state index in [1.54, 1.807) is 0 Å². The van der Waals surface area contributed by atoms with Gasteiger partial charge in [0.2, 0.25) is 0 Å². The first-order valence-electron chi connectivity index (χ1n) is 9.00. The summed E-state index contributed by atoms with van der Waals surface area (Å²) in [5, 5.41) is 3.42. The van der Waals surface area contributed by atoms with Crippen molar-refractivity contribution in [3.05, 3.63) is 47.4 Å². The van der Waals surface area contributed by atoms with Gasteiger partial charge in [-0.1, -0.05) is 30.3 Å². The van der Waals surface area contributed by atoms with Crippen LogP contribution >= 0.6 is 36.6 Å². The Morgan fingerprint density at radius 1 is 1.04 bits per heavy atom. The lowest BCUT2D eigenvalue weighted by Gasteiger charge is -2.31. The maximum Gasteiger partial charge on any atom is 0.156 e. The summed E-state index contributed by atoms with van der Waals surface area (Å²) in [6.07, 6.45) is 2.25. The molecule has 0 spiro atoms. The molecule has 0 bridgehead atoms. The molecule has 0 saturated carbocycles. The summed E-state index contributed by atoms with van der Waals surface area (Å²) < 4.78 is 5.88. The Morgan fingerprint density at radius 3 is 2.54 bits per heavy atom. The van der Waals surface area contributed by atoms with Crippen LogP contribution in [0, 0.1) is 0 Å². The molecule has 1 aromatic heterocycles. The minimum atomic E-state index is 0. The molecule has 4 rings (SSSR count). The fourth-order valence-corrected chi connectivity index (χ4v) is 4.37. The molecule has 3 heterocycles. The number of rotatable bonds is 5. The highest BCUT2D eigenvalue weighted by atomic mass is 35.5. The summed E-state index contributed by atoms with van der Waals surface area (Å²) >= 11 is 1.91. The van der Waals surface area contributed by atoms with Gasteiger partial charge in [-0.15, -0.1) is 36.6 Å². The first kappa shape index (κ1) is 24.9. The van der Waals surface area contributed by atoms with Crippen molar-refractivity contribution in [1.29, 1.82) is 0 Å². The molecule has 1 fully saturated rings. The number of nitrogens with one attached hydrogen (secondary N) is 1. The van der Waals surface area contributed by atoms with Gasteiger partial charge in [-0.25, -0.2) is 9.97 Å². The summed E-state index contributed by atoms with van der Waals surface area (Å²) in [5.74, 6) is 3.10. The molecule has 0 amide bonds. The van der Waals surface area contributed by atoms with Crippen molar-refractivity contribution in [2.24, 2.45) is 0 Å². The standard InChI is InChI=1S/C19H24N4OS.2ClH.H2O/c1-2-5-15(6-3-1)13-24-14-17-21-16-7-4-12-25-18(16)19(22-17)23-10-8-20-9-11-23;;;/h1-3,5-6,20H,4,7-14H2;2*1H;1H2. The average molecular weight is 447 g/mol. The van der Waals surface area contributed by atoms with Crippen LogP contribution in [-0.2, 0) is 24.4 Å². The van der Waals surface area contributed by atoms with E-state index < -0.39 is 0 Å². The fourth-order valence-electron chi connectivity index (χ4n) is 3.25. The van der Waals surface area contributed by atoms with Gasteiger partial charge in [-0.3, -0.25) is 0 Å². The Bertz CT molecular complexity index is 719. The molecule has 156 valence electrons. The van der Waals surface area contributed by atoms with Gasteiger partial charge in [0, 0.05) is 26.2 Å². The summed E-state index contributed by atoms with van der Waals surface area (Å²) in [6, 6.07) is 10.3. The zero-order valence-corrected chi connectivity index (χ0v) is 18.2. The summed E-state index contributed by atoms with van der Waals surface area (Å²) in [5.41, 5.74) is 2.39. The van der Waals surface area contributed by atoms with Gasteiger partial charge in [-0.2, -0.15) is 0 Å². The van der Waals surface area contributed by atoms with E-state index in [-0.39, 0.29) is 30.3 Å². The number of thioether (sulfide) groups is 1. The minimum Gasteiger partial charge on any atom is -0.412 e. The van der Waals surface area contributed by atoms with Crippen molar-refractivity contribution in [2.45, 2.75) is 31.0 Å². The number of halogens is 2. The van der Waals surface area contributed by atoms with E-state index in [2.05, 4.69) is 22.3 Å². The van der Waals surface area contributed by atoms with Crippen LogP contribution in [0.4, 0.5) is 5.82 Å². The Morgan fingerprint density at radius 2 is 1.79 bits per heavy atom. The second kappa shape index (κ2) is 12.5. The third-order valence-corrected chi connectivity index (χ3v) is 5.73. The zero-order valence-electron chi connectivity index (χ0n) is 15.7. The first-order valence-corrected chi connectivity index (χ1v) is 9.98. The lowest BCUT2D eigenvalue weighted by molar-refractivity contribution is 0.101. The van der Waals surface area contributed by atoms with Gasteiger partial charge in [-0.05, 0) is 24.2 Å². The molecule has 6 nitrogen and oxygen atoms in total. The molecule has 28 heavy (non-hydrogen) atoms. The largest absolute Gasteiger partial charge is 0.412 e. The molecular weight excluding hydrogens is 419 g/mol. The van der Waals surface area contributed by atoms with Crippen molar-refractivity contribution in [1.82, 2.24) is 15.3 Å². The second-order valence-electron chi connectivity index (χ2n) is 6.41. The molecule has 1 aromatic carbocycles. The first-order chi connectivity index (χ1) is 12.4. The topological polar surface area (TPSA) is 81.8 Å². The fraction of sp³-hybridized carbons (Fsp3) is 0.474. The lowest BCUT2D eigenvalue weighted by Crippen LogP contribution is -2.44. The smallest absolute Gasteiger partial charge is 0.156 e. The molecule has 0 unspecified atom stereocenters. The number of aryl methyl sites for hydroxylation is 1. The lowest BCUT2D eigenvalue weighted by atomic mass is 10.2. The molecule has 3 N–H and O–H groups in total. The minimum absolute atomic E-state index is 0. The maximum absolute atomic E-state index is 5.88. The monoisotopic (exact) mass is 446 g/mol. The second-order valence-corrected chi connectivity index (χ2v) is 7.51. The van der Waals surface area contributed by atoms with Gasteiger partial charge in [0.15, 0.2) is 5.82 Å². The molecule has 0 aliphatic carbocycles. The molecular formula is C19H28Cl2N4O2S. The number of benzene rings is 1. The number of hydrogen-bond donors (Lipinski definition) is 1. The van der Waals surface area contributed by atoms with E-state index in [9.17, 15) is 0 Å². The average Bonchev–Trinajstić information content (AvgIpc) is 2.69. The van der Waals surface area contributed by atoms with E-state index in [1.807, 2.05) is 30.0 Å². The summed E-state index contributed by atoms with van der Waals surface area (Å²) in [4.78, 5) is 13.4. The van der Waals surface area contributed by atoms with Crippen LogP contribution in [0.25, 0.3) is 0 Å². The maximum atomic E-state index is 5.88. The van der Waals surface area contributed by atoms with E-state index in [4.69, 9.17) is 14.7 Å². The van der Waals surface area contributed by atoms with Crippen LogP contribution < -0.4 is 10.2 Å². The van der Waals surface area contributed by atoms with Crippen LogP contribution in [0.2, 0.25) is 0 Å². The number of aromatic nitrogens is 2. The van der Waals surface area contributed by atoms with E-state index in [1.165, 1.54) is 28.3 Å². The molecule has 0 atom stereocenters. The van der Waals surface area contributed by atoms with E-state index in [0.29, 0.717) is 13.2 Å². The van der Waals surface area contributed by atoms with Crippen LogP contribution in [0.5, 0.6) is 0 Å². The van der Waals surface area contributed by atoms with Gasteiger partial charge in [0.25, 0.3) is 0 Å². The predicted molar refractivity (Wildman–Crippen MR) is 119 cm³/mol. The Kier molecular flexibility index (Phi) is 11.1. The van der Waals surface area contributed by atoms with Crippen LogP contribution in [0.15, 0.2) is 35.2 Å². The highest BCUT2D eigenvalue weighted by Gasteiger charge is 2.23. The highest BCUT2D eigenvalue weighted by Crippen LogP contribution is 2.36. The van der Waals surface area contributed by atoms with Crippen molar-refractivity contribution in [3.8, 4) is 0 Å². The Labute approximate surface area is 183 Å². The van der Waals surface area contributed by atoms with Crippen molar-refractivity contribution in [2.75, 3.05) is 36.8 Å². The Hall–Kier alpha value is -1.09. The molecule has 1 saturated heterocycles. The van der Waals surface area contributed by atoms with Crippen LogP contribution in [0.1, 0.15) is 23.5 Å². The molecule has 9 heteroatoms. The molecule has 0 radical (unpaired) electrons. The van der Waals surface area contributed by atoms with Gasteiger partial charge in [0.1, 0.15) is 12.4 Å². The predicted octanol–water partition coefficient (Wildman–Crippen LogP) is 2.66. The van der Waals surface area contributed by atoms with E-state index >= 15 is 0 Å². The number of ether oxygens (including phenoxy) is 1. The number of anilines is 1. The number of hydrogen-bond acceptors (Lipinski definition) is 6. The Balaban J connectivity index is 0.00000131. The van der Waals surface area contributed by atoms with Gasteiger partial charge < -0.3 is 20.4 Å². The number of fused-ring (bicyclic) bond motifs is 1. The zero-order chi connectivity index (χ0) is 16.9.